The van der Waals surface area contributed by atoms with E-state index in [2.05, 4.69) is 4.98 Å². The van der Waals surface area contributed by atoms with Gasteiger partial charge in [0, 0.05) is 19.4 Å². The van der Waals surface area contributed by atoms with Crippen molar-refractivity contribution in [2.45, 2.75) is 26.5 Å². The number of likely N-dealkylation sites (N-methyl/N-ethyl adjacent to an activating group) is 1. The van der Waals surface area contributed by atoms with Crippen LogP contribution in [0.2, 0.25) is 0 Å². The Morgan fingerprint density at radius 1 is 1.62 bits per heavy atom. The largest absolute Gasteiger partial charge is 0.462 e. The Hall–Kier alpha value is -1.36. The van der Waals surface area contributed by atoms with Crippen molar-refractivity contribution >= 4 is 5.97 Å². The van der Waals surface area contributed by atoms with Crippen LogP contribution in [-0.2, 0) is 23.1 Å². The van der Waals surface area contributed by atoms with Gasteiger partial charge in [-0.05, 0) is 20.9 Å². The molecule has 16 heavy (non-hydrogen) atoms. The van der Waals surface area contributed by atoms with Crippen LogP contribution in [0.5, 0.6) is 0 Å². The van der Waals surface area contributed by atoms with Crippen molar-refractivity contribution in [1.82, 2.24) is 14.5 Å². The number of aromatic nitrogens is 2. The molecule has 0 spiro atoms. The average Bonchev–Trinajstić information content (AvgIpc) is 2.49. The number of carbonyl (C=O) groups excluding carboxylic acids is 1. The van der Waals surface area contributed by atoms with Crippen LogP contribution in [0.4, 0.5) is 0 Å². The second-order valence-corrected chi connectivity index (χ2v) is 4.17. The smallest absolute Gasteiger partial charge is 0.320 e. The summed E-state index contributed by atoms with van der Waals surface area (Å²) in [6, 6.07) is 0. The van der Waals surface area contributed by atoms with E-state index in [0.29, 0.717) is 6.54 Å². The zero-order valence-corrected chi connectivity index (χ0v) is 10.3. The molecule has 0 saturated carbocycles. The number of rotatable bonds is 5. The molecule has 0 atom stereocenters. The fourth-order valence-electron chi connectivity index (χ4n) is 1.37. The van der Waals surface area contributed by atoms with Gasteiger partial charge in [0.1, 0.15) is 5.82 Å². The standard InChI is InChI=1S/C11H19N3O2/c1-9(2)16-11(15)8-13(3)7-10-12-5-6-14(10)4/h5-6,9H,7-8H2,1-4H3. The van der Waals surface area contributed by atoms with Gasteiger partial charge in [-0.3, -0.25) is 9.69 Å². The number of aryl methyl sites for hydroxylation is 1. The number of imidazole rings is 1. The first kappa shape index (κ1) is 12.7. The lowest BCUT2D eigenvalue weighted by Gasteiger charge is -2.16. The van der Waals surface area contributed by atoms with Gasteiger partial charge in [0.25, 0.3) is 0 Å². The fourth-order valence-corrected chi connectivity index (χ4v) is 1.37. The maximum Gasteiger partial charge on any atom is 0.320 e. The highest BCUT2D eigenvalue weighted by molar-refractivity contribution is 5.71. The molecule has 0 aromatic carbocycles. The first-order valence-corrected chi connectivity index (χ1v) is 5.33. The molecule has 0 aliphatic heterocycles. The number of hydrogen-bond donors (Lipinski definition) is 0. The average molecular weight is 225 g/mol. The number of carbonyl (C=O) groups is 1. The summed E-state index contributed by atoms with van der Waals surface area (Å²) in [7, 11) is 3.80. The molecule has 5 heteroatoms. The molecule has 0 saturated heterocycles. The molecular formula is C11H19N3O2. The number of nitrogens with zero attached hydrogens (tertiary/aromatic N) is 3. The summed E-state index contributed by atoms with van der Waals surface area (Å²) in [4.78, 5) is 17.5. The summed E-state index contributed by atoms with van der Waals surface area (Å²) >= 11 is 0. The van der Waals surface area contributed by atoms with Gasteiger partial charge in [0.05, 0.1) is 19.2 Å². The summed E-state index contributed by atoms with van der Waals surface area (Å²) in [6.45, 7) is 4.61. The summed E-state index contributed by atoms with van der Waals surface area (Å²) in [5.74, 6) is 0.728. The lowest BCUT2D eigenvalue weighted by atomic mass is 10.4. The molecule has 0 unspecified atom stereocenters. The van der Waals surface area contributed by atoms with Crippen molar-refractivity contribution in [2.24, 2.45) is 7.05 Å². The van der Waals surface area contributed by atoms with E-state index < -0.39 is 0 Å². The quantitative estimate of drug-likeness (QED) is 0.696. The predicted octanol–water partition coefficient (Wildman–Crippen LogP) is 0.803. The minimum absolute atomic E-state index is 0.0611. The minimum Gasteiger partial charge on any atom is -0.462 e. The first-order chi connectivity index (χ1) is 7.49. The van der Waals surface area contributed by atoms with Crippen LogP contribution >= 0.6 is 0 Å². The van der Waals surface area contributed by atoms with Gasteiger partial charge >= 0.3 is 5.97 Å². The lowest BCUT2D eigenvalue weighted by Crippen LogP contribution is -2.29. The van der Waals surface area contributed by atoms with Crippen molar-refractivity contribution in [2.75, 3.05) is 13.6 Å². The van der Waals surface area contributed by atoms with Crippen LogP contribution < -0.4 is 0 Å². The van der Waals surface area contributed by atoms with Crippen LogP contribution in [0.3, 0.4) is 0 Å². The summed E-state index contributed by atoms with van der Waals surface area (Å²) in [5, 5.41) is 0. The molecule has 0 radical (unpaired) electrons. The van der Waals surface area contributed by atoms with E-state index in [-0.39, 0.29) is 18.6 Å². The van der Waals surface area contributed by atoms with Crippen LogP contribution in [0.1, 0.15) is 19.7 Å². The van der Waals surface area contributed by atoms with E-state index in [0.717, 1.165) is 5.82 Å². The van der Waals surface area contributed by atoms with Crippen LogP contribution in [0.15, 0.2) is 12.4 Å². The zero-order chi connectivity index (χ0) is 12.1. The molecule has 5 nitrogen and oxygen atoms in total. The summed E-state index contributed by atoms with van der Waals surface area (Å²) in [5.41, 5.74) is 0. The molecule has 0 fully saturated rings. The van der Waals surface area contributed by atoms with Crippen LogP contribution in [-0.4, -0.2) is 40.1 Å². The molecule has 0 aliphatic rings. The molecule has 1 rings (SSSR count). The summed E-state index contributed by atoms with van der Waals surface area (Å²) < 4.78 is 7.00. The number of hydrogen-bond acceptors (Lipinski definition) is 4. The predicted molar refractivity (Wildman–Crippen MR) is 60.8 cm³/mol. The van der Waals surface area contributed by atoms with Gasteiger partial charge in [0.2, 0.25) is 0 Å². The van der Waals surface area contributed by atoms with Crippen molar-refractivity contribution in [3.63, 3.8) is 0 Å². The van der Waals surface area contributed by atoms with Gasteiger partial charge < -0.3 is 9.30 Å². The third kappa shape index (κ3) is 4.02. The number of ether oxygens (including phenoxy) is 1. The normalized spacial score (nSPS) is 11.1. The van der Waals surface area contributed by atoms with Crippen molar-refractivity contribution in [1.29, 1.82) is 0 Å². The third-order valence-corrected chi connectivity index (χ3v) is 2.10. The Morgan fingerprint density at radius 3 is 2.81 bits per heavy atom. The van der Waals surface area contributed by atoms with Gasteiger partial charge in [-0.2, -0.15) is 0 Å². The molecule has 90 valence electrons. The Morgan fingerprint density at radius 2 is 2.31 bits per heavy atom. The Bertz CT molecular complexity index is 347. The molecule has 1 aromatic heterocycles. The van der Waals surface area contributed by atoms with Crippen LogP contribution in [0.25, 0.3) is 0 Å². The van der Waals surface area contributed by atoms with Gasteiger partial charge in [0.15, 0.2) is 0 Å². The molecule has 1 heterocycles. The fraction of sp³-hybridized carbons (Fsp3) is 0.636. The Balaban J connectivity index is 2.39. The third-order valence-electron chi connectivity index (χ3n) is 2.10. The highest BCUT2D eigenvalue weighted by Gasteiger charge is 2.11. The highest BCUT2D eigenvalue weighted by Crippen LogP contribution is 2.00. The number of esters is 1. The van der Waals surface area contributed by atoms with E-state index in [9.17, 15) is 4.79 Å². The second-order valence-electron chi connectivity index (χ2n) is 4.17. The van der Waals surface area contributed by atoms with E-state index in [1.807, 2.05) is 43.6 Å². The van der Waals surface area contributed by atoms with Crippen molar-refractivity contribution < 1.29 is 9.53 Å². The zero-order valence-electron chi connectivity index (χ0n) is 10.3. The molecular weight excluding hydrogens is 206 g/mol. The summed E-state index contributed by atoms with van der Waals surface area (Å²) in [6.07, 6.45) is 3.57. The lowest BCUT2D eigenvalue weighted by molar-refractivity contribution is -0.148. The maximum atomic E-state index is 11.4. The van der Waals surface area contributed by atoms with Gasteiger partial charge in [-0.25, -0.2) is 4.98 Å². The molecule has 0 N–H and O–H groups in total. The van der Waals surface area contributed by atoms with Crippen molar-refractivity contribution in [3.8, 4) is 0 Å². The van der Waals surface area contributed by atoms with E-state index in [1.165, 1.54) is 0 Å². The van der Waals surface area contributed by atoms with E-state index in [4.69, 9.17) is 4.74 Å². The monoisotopic (exact) mass is 225 g/mol. The molecule has 0 bridgehead atoms. The van der Waals surface area contributed by atoms with Gasteiger partial charge in [-0.1, -0.05) is 0 Å². The maximum absolute atomic E-state index is 11.4. The Labute approximate surface area is 96.0 Å². The van der Waals surface area contributed by atoms with Crippen LogP contribution in [0, 0.1) is 0 Å². The van der Waals surface area contributed by atoms with E-state index >= 15 is 0 Å². The van der Waals surface area contributed by atoms with E-state index in [1.54, 1.807) is 6.20 Å². The first-order valence-electron chi connectivity index (χ1n) is 5.33. The second kappa shape index (κ2) is 5.65. The topological polar surface area (TPSA) is 47.4 Å². The van der Waals surface area contributed by atoms with Gasteiger partial charge in [-0.15, -0.1) is 0 Å². The molecule has 0 aliphatic carbocycles. The molecule has 1 aromatic rings. The molecule has 0 amide bonds. The minimum atomic E-state index is -0.202. The Kier molecular flexibility index (Phi) is 4.49. The SMILES string of the molecule is CC(C)OC(=O)CN(C)Cc1nccn1C. The highest BCUT2D eigenvalue weighted by atomic mass is 16.5. The van der Waals surface area contributed by atoms with Crippen molar-refractivity contribution in [3.05, 3.63) is 18.2 Å².